The highest BCUT2D eigenvalue weighted by Gasteiger charge is 2.48. The zero-order valence-electron chi connectivity index (χ0n) is 15.3. The maximum absolute atomic E-state index is 12.5. The summed E-state index contributed by atoms with van der Waals surface area (Å²) < 4.78 is 29.5. The summed E-state index contributed by atoms with van der Waals surface area (Å²) in [6.07, 6.45) is 0.266. The van der Waals surface area contributed by atoms with E-state index in [4.69, 9.17) is 4.74 Å². The molecule has 0 spiro atoms. The van der Waals surface area contributed by atoms with Crippen molar-refractivity contribution in [3.63, 3.8) is 0 Å². The Bertz CT molecular complexity index is 1000. The van der Waals surface area contributed by atoms with E-state index in [-0.39, 0.29) is 35.1 Å². The van der Waals surface area contributed by atoms with Gasteiger partial charge in [0.05, 0.1) is 31.1 Å². The Hall–Kier alpha value is -1.84. The van der Waals surface area contributed by atoms with Crippen molar-refractivity contribution in [2.75, 3.05) is 18.6 Å². The first kappa shape index (κ1) is 19.5. The first-order chi connectivity index (χ1) is 13.4. The molecule has 2 fully saturated rings. The summed E-state index contributed by atoms with van der Waals surface area (Å²) in [6.45, 7) is 0.492. The average Bonchev–Trinajstić information content (AvgIpc) is 3.32. The lowest BCUT2D eigenvalue weighted by Gasteiger charge is -2.24. The number of fused-ring (bicyclic) bond motifs is 1. The van der Waals surface area contributed by atoms with Gasteiger partial charge in [-0.25, -0.2) is 8.42 Å². The Labute approximate surface area is 172 Å². The largest absolute Gasteiger partial charge is 0.497 e. The van der Waals surface area contributed by atoms with Gasteiger partial charge in [0.2, 0.25) is 0 Å². The van der Waals surface area contributed by atoms with Crippen molar-refractivity contribution < 1.29 is 17.9 Å². The molecule has 2 aromatic rings. The molecule has 0 radical (unpaired) electrons. The van der Waals surface area contributed by atoms with E-state index < -0.39 is 9.84 Å². The summed E-state index contributed by atoms with van der Waals surface area (Å²) in [5, 5.41) is 2.47. The van der Waals surface area contributed by atoms with Crippen LogP contribution in [0.2, 0.25) is 0 Å². The summed E-state index contributed by atoms with van der Waals surface area (Å²) in [5.74, 6) is 0.776. The van der Waals surface area contributed by atoms with E-state index in [0.29, 0.717) is 11.7 Å². The minimum atomic E-state index is -3.06. The Balaban J connectivity index is 1.59. The van der Waals surface area contributed by atoms with Crippen molar-refractivity contribution in [2.24, 2.45) is 4.99 Å². The Morgan fingerprint density at radius 2 is 2.14 bits per heavy atom. The summed E-state index contributed by atoms with van der Waals surface area (Å²) >= 11 is 2.94. The van der Waals surface area contributed by atoms with Crippen LogP contribution in [0.5, 0.6) is 5.75 Å². The van der Waals surface area contributed by atoms with Gasteiger partial charge in [0.15, 0.2) is 15.0 Å². The molecule has 28 heavy (non-hydrogen) atoms. The number of sulfone groups is 1. The number of aliphatic imine (C=N–C) groups is 1. The fourth-order valence-electron chi connectivity index (χ4n) is 3.50. The molecule has 2 aliphatic rings. The summed E-state index contributed by atoms with van der Waals surface area (Å²) in [5.41, 5.74) is 0.989. The van der Waals surface area contributed by atoms with Crippen LogP contribution in [-0.2, 0) is 27.6 Å². The van der Waals surface area contributed by atoms with Crippen molar-refractivity contribution in [2.45, 2.75) is 24.3 Å². The molecule has 2 aliphatic heterocycles. The number of hydrogen-bond acceptors (Lipinski definition) is 6. The van der Waals surface area contributed by atoms with Gasteiger partial charge in [-0.1, -0.05) is 30.0 Å². The first-order valence-electron chi connectivity index (χ1n) is 8.84. The molecule has 2 atom stereocenters. The predicted molar refractivity (Wildman–Crippen MR) is 113 cm³/mol. The molecule has 0 aliphatic carbocycles. The first-order valence-corrected chi connectivity index (χ1v) is 12.4. The minimum Gasteiger partial charge on any atom is -0.497 e. The lowest BCUT2D eigenvalue weighted by molar-refractivity contribution is -0.117. The molecule has 2 saturated heterocycles. The maximum atomic E-state index is 12.5. The molecule has 3 heterocycles. The van der Waals surface area contributed by atoms with Crippen LogP contribution in [0.1, 0.15) is 10.4 Å². The number of thiophene rings is 1. The quantitative estimate of drug-likeness (QED) is 0.717. The molecule has 9 heteroatoms. The van der Waals surface area contributed by atoms with Crippen LogP contribution in [-0.4, -0.2) is 54.3 Å². The van der Waals surface area contributed by atoms with Crippen LogP contribution in [0.15, 0.2) is 46.8 Å². The van der Waals surface area contributed by atoms with Gasteiger partial charge in [-0.3, -0.25) is 4.79 Å². The molecule has 0 saturated carbocycles. The predicted octanol–water partition coefficient (Wildman–Crippen LogP) is 2.60. The SMILES string of the molecule is COc1cccc(CN2C(=NC(=O)Cc3cccs3)S[C@@H]3CS(=O)(=O)C[C@H]32)c1. The highest BCUT2D eigenvalue weighted by Crippen LogP contribution is 2.39. The third-order valence-electron chi connectivity index (χ3n) is 4.79. The molecule has 0 unspecified atom stereocenters. The number of carbonyl (C=O) groups excluding carboxylic acids is 1. The molecular weight excluding hydrogens is 416 g/mol. The molecule has 1 aromatic carbocycles. The van der Waals surface area contributed by atoms with Crippen LogP contribution in [0.25, 0.3) is 0 Å². The second-order valence-electron chi connectivity index (χ2n) is 6.82. The van der Waals surface area contributed by atoms with Gasteiger partial charge in [0, 0.05) is 16.7 Å². The Morgan fingerprint density at radius 3 is 2.89 bits per heavy atom. The second kappa shape index (κ2) is 7.88. The topological polar surface area (TPSA) is 76.0 Å². The number of hydrogen-bond donors (Lipinski definition) is 0. The van der Waals surface area contributed by atoms with E-state index >= 15 is 0 Å². The van der Waals surface area contributed by atoms with E-state index in [1.54, 1.807) is 7.11 Å². The number of methoxy groups -OCH3 is 1. The van der Waals surface area contributed by atoms with E-state index in [2.05, 4.69) is 4.99 Å². The number of rotatable bonds is 5. The number of nitrogens with zero attached hydrogens (tertiary/aromatic N) is 2. The number of benzene rings is 1. The van der Waals surface area contributed by atoms with Crippen LogP contribution in [0.3, 0.4) is 0 Å². The van der Waals surface area contributed by atoms with Crippen LogP contribution >= 0.6 is 23.1 Å². The molecule has 1 aromatic heterocycles. The number of amides is 1. The third kappa shape index (κ3) is 4.26. The molecule has 0 N–H and O–H groups in total. The van der Waals surface area contributed by atoms with Gasteiger partial charge in [-0.15, -0.1) is 11.3 Å². The maximum Gasteiger partial charge on any atom is 0.253 e. The summed E-state index contributed by atoms with van der Waals surface area (Å²) in [4.78, 5) is 19.7. The van der Waals surface area contributed by atoms with Crippen molar-refractivity contribution in [3.05, 3.63) is 52.2 Å². The fourth-order valence-corrected chi connectivity index (χ4v) is 8.16. The van der Waals surface area contributed by atoms with Gasteiger partial charge in [0.1, 0.15) is 5.75 Å². The van der Waals surface area contributed by atoms with Crippen molar-refractivity contribution in [1.29, 1.82) is 0 Å². The normalized spacial score (nSPS) is 24.5. The van der Waals surface area contributed by atoms with Crippen LogP contribution < -0.4 is 4.74 Å². The number of amidine groups is 1. The van der Waals surface area contributed by atoms with E-state index in [9.17, 15) is 13.2 Å². The zero-order chi connectivity index (χ0) is 19.7. The Morgan fingerprint density at radius 1 is 1.29 bits per heavy atom. The molecule has 148 valence electrons. The molecule has 0 bridgehead atoms. The van der Waals surface area contributed by atoms with Crippen molar-refractivity contribution >= 4 is 44.0 Å². The molecular formula is C19H20N2O4S3. The number of carbonyl (C=O) groups is 1. The van der Waals surface area contributed by atoms with Gasteiger partial charge in [0.25, 0.3) is 5.91 Å². The standard InChI is InChI=1S/C19H20N2O4S3/c1-25-14-5-2-4-13(8-14)10-21-16-11-28(23,24)12-17(16)27-19(21)20-18(22)9-15-6-3-7-26-15/h2-8,16-17H,9-12H2,1H3/t16-,17-/m1/s1. The molecule has 4 rings (SSSR count). The van der Waals surface area contributed by atoms with Crippen LogP contribution in [0, 0.1) is 0 Å². The molecule has 6 nitrogen and oxygen atoms in total. The van der Waals surface area contributed by atoms with E-state index in [0.717, 1.165) is 16.2 Å². The highest BCUT2D eigenvalue weighted by molar-refractivity contribution is 8.15. The highest BCUT2D eigenvalue weighted by atomic mass is 32.2. The van der Waals surface area contributed by atoms with Gasteiger partial charge in [-0.2, -0.15) is 4.99 Å². The van der Waals surface area contributed by atoms with E-state index in [1.807, 2.05) is 46.7 Å². The van der Waals surface area contributed by atoms with Crippen LogP contribution in [0.4, 0.5) is 0 Å². The lowest BCUT2D eigenvalue weighted by atomic mass is 10.1. The fraction of sp³-hybridized carbons (Fsp3) is 0.368. The smallest absolute Gasteiger partial charge is 0.253 e. The second-order valence-corrected chi connectivity index (χ2v) is 11.2. The Kier molecular flexibility index (Phi) is 5.48. The average molecular weight is 437 g/mol. The lowest BCUT2D eigenvalue weighted by Crippen LogP contribution is -2.37. The third-order valence-corrected chi connectivity index (χ3v) is 8.91. The van der Waals surface area contributed by atoms with Crippen molar-refractivity contribution in [3.8, 4) is 5.75 Å². The van der Waals surface area contributed by atoms with Gasteiger partial charge < -0.3 is 9.64 Å². The zero-order valence-corrected chi connectivity index (χ0v) is 17.7. The molecule has 1 amide bonds. The number of ether oxygens (including phenoxy) is 1. The summed E-state index contributed by atoms with van der Waals surface area (Å²) in [7, 11) is -1.45. The van der Waals surface area contributed by atoms with Gasteiger partial charge in [-0.05, 0) is 29.1 Å². The van der Waals surface area contributed by atoms with Crippen molar-refractivity contribution in [1.82, 2.24) is 4.90 Å². The summed E-state index contributed by atoms with van der Waals surface area (Å²) in [6, 6.07) is 11.3. The monoisotopic (exact) mass is 436 g/mol. The van der Waals surface area contributed by atoms with E-state index in [1.165, 1.54) is 23.1 Å². The minimum absolute atomic E-state index is 0.0797. The van der Waals surface area contributed by atoms with Gasteiger partial charge >= 0.3 is 0 Å². The number of thioether (sulfide) groups is 1.